The van der Waals surface area contributed by atoms with E-state index in [1.165, 1.54) is 23.3 Å². The van der Waals surface area contributed by atoms with Gasteiger partial charge in [-0.05, 0) is 12.5 Å². The zero-order valence-corrected chi connectivity index (χ0v) is 13.9. The summed E-state index contributed by atoms with van der Waals surface area (Å²) in [4.78, 5) is 20.9. The van der Waals surface area contributed by atoms with Gasteiger partial charge in [-0.1, -0.05) is 18.7 Å². The molecule has 21 heavy (non-hydrogen) atoms. The first-order valence-corrected chi connectivity index (χ1v) is 9.02. The first-order valence-electron chi connectivity index (χ1n) is 6.27. The Morgan fingerprint density at radius 2 is 2.33 bits per heavy atom. The highest BCUT2D eigenvalue weighted by molar-refractivity contribution is 8.00. The Kier molecular flexibility index (Phi) is 6.27. The van der Waals surface area contributed by atoms with Crippen LogP contribution < -0.4 is 11.1 Å². The molecule has 0 aliphatic heterocycles. The van der Waals surface area contributed by atoms with E-state index >= 15 is 0 Å². The van der Waals surface area contributed by atoms with Gasteiger partial charge in [-0.25, -0.2) is 0 Å². The van der Waals surface area contributed by atoms with Crippen molar-refractivity contribution < 1.29 is 4.79 Å². The van der Waals surface area contributed by atoms with Crippen LogP contribution in [0.15, 0.2) is 28.5 Å². The number of carbonyl (C=O) groups excluding carboxylic acids is 1. The molecule has 0 radical (unpaired) electrons. The highest BCUT2D eigenvalue weighted by Crippen LogP contribution is 2.24. The number of pyridine rings is 1. The van der Waals surface area contributed by atoms with Crippen LogP contribution in [0.2, 0.25) is 0 Å². The van der Waals surface area contributed by atoms with Gasteiger partial charge in [0.15, 0.2) is 0 Å². The molecule has 9 heteroatoms. The third kappa shape index (κ3) is 5.18. The molecule has 2 aromatic heterocycles. The van der Waals surface area contributed by atoms with Crippen LogP contribution in [0.25, 0.3) is 0 Å². The van der Waals surface area contributed by atoms with Crippen LogP contribution in [0.5, 0.6) is 0 Å². The smallest absolute Gasteiger partial charge is 0.236 e. The molecule has 0 atom stereocenters. The van der Waals surface area contributed by atoms with Gasteiger partial charge < -0.3 is 5.73 Å². The summed E-state index contributed by atoms with van der Waals surface area (Å²) in [6.07, 6.45) is 4.29. The molecule has 0 saturated heterocycles. The first-order chi connectivity index (χ1) is 10.2. The molecular formula is C12H15N5OS3. The summed E-state index contributed by atoms with van der Waals surface area (Å²) < 4.78 is 4.18. The number of nitrogens with one attached hydrogen (secondary N) is 1. The molecule has 2 rings (SSSR count). The molecule has 2 aromatic rings. The molecule has 0 spiro atoms. The van der Waals surface area contributed by atoms with Gasteiger partial charge in [-0.3, -0.25) is 15.1 Å². The number of nitrogen functional groups attached to an aromatic ring is 1. The van der Waals surface area contributed by atoms with Gasteiger partial charge in [0.1, 0.15) is 0 Å². The van der Waals surface area contributed by atoms with E-state index in [1.54, 1.807) is 30.2 Å². The van der Waals surface area contributed by atoms with Crippen molar-refractivity contribution in [3.8, 4) is 0 Å². The minimum atomic E-state index is -0.126. The van der Waals surface area contributed by atoms with Gasteiger partial charge in [-0.2, -0.15) is 9.36 Å². The molecule has 1 amide bonds. The summed E-state index contributed by atoms with van der Waals surface area (Å²) in [7, 11) is 0. The molecule has 0 saturated carbocycles. The van der Waals surface area contributed by atoms with E-state index in [-0.39, 0.29) is 11.7 Å². The average Bonchev–Trinajstić information content (AvgIpc) is 2.91. The number of hydrogen-bond donors (Lipinski definition) is 2. The van der Waals surface area contributed by atoms with E-state index in [0.29, 0.717) is 16.0 Å². The fourth-order valence-electron chi connectivity index (χ4n) is 1.34. The fraction of sp³-hybridized carbons (Fsp3) is 0.333. The quantitative estimate of drug-likeness (QED) is 0.748. The third-order valence-electron chi connectivity index (χ3n) is 2.26. The molecule has 0 aliphatic rings. The van der Waals surface area contributed by atoms with Gasteiger partial charge in [0.25, 0.3) is 0 Å². The van der Waals surface area contributed by atoms with Crippen LogP contribution in [0, 0.1) is 0 Å². The standard InChI is InChI=1S/C12H15N5OS3/c1-2-5-19-12-16-11(21-17-12)15-10(18)7-20-9-3-4-14-6-8(9)13/h3-4,6H,2,5,7,13H2,1H3,(H,15,16,17,18). The molecule has 6 nitrogen and oxygen atoms in total. The molecule has 3 N–H and O–H groups in total. The van der Waals surface area contributed by atoms with E-state index in [4.69, 9.17) is 5.73 Å². The maximum absolute atomic E-state index is 11.9. The number of thioether (sulfide) groups is 2. The lowest BCUT2D eigenvalue weighted by Crippen LogP contribution is -2.13. The number of carbonyl (C=O) groups is 1. The van der Waals surface area contributed by atoms with Gasteiger partial charge in [0.2, 0.25) is 16.2 Å². The van der Waals surface area contributed by atoms with Crippen LogP contribution in [-0.4, -0.2) is 31.8 Å². The van der Waals surface area contributed by atoms with Crippen LogP contribution in [0.1, 0.15) is 13.3 Å². The number of anilines is 2. The van der Waals surface area contributed by atoms with E-state index in [9.17, 15) is 4.79 Å². The molecule has 0 aromatic carbocycles. The Morgan fingerprint density at radius 1 is 1.48 bits per heavy atom. The Bertz CT molecular complexity index is 604. The number of nitrogens with two attached hydrogens (primary N) is 1. The monoisotopic (exact) mass is 341 g/mol. The first kappa shape index (κ1) is 16.1. The van der Waals surface area contributed by atoms with Gasteiger partial charge in [0, 0.05) is 28.4 Å². The van der Waals surface area contributed by atoms with Crippen molar-refractivity contribution in [3.63, 3.8) is 0 Å². The number of aromatic nitrogens is 3. The molecular weight excluding hydrogens is 326 g/mol. The number of amides is 1. The minimum absolute atomic E-state index is 0.126. The van der Waals surface area contributed by atoms with Crippen molar-refractivity contribution >= 4 is 51.8 Å². The maximum atomic E-state index is 11.9. The van der Waals surface area contributed by atoms with E-state index in [1.807, 2.05) is 0 Å². The molecule has 0 unspecified atom stereocenters. The SMILES string of the molecule is CCCSc1nsc(NC(=O)CSc2ccncc2N)n1. The van der Waals surface area contributed by atoms with Crippen molar-refractivity contribution in [2.24, 2.45) is 0 Å². The van der Waals surface area contributed by atoms with E-state index < -0.39 is 0 Å². The van der Waals surface area contributed by atoms with Crippen molar-refractivity contribution in [2.75, 3.05) is 22.6 Å². The highest BCUT2D eigenvalue weighted by atomic mass is 32.2. The average molecular weight is 341 g/mol. The fourth-order valence-corrected chi connectivity index (χ4v) is 3.49. The molecule has 0 fully saturated rings. The lowest BCUT2D eigenvalue weighted by molar-refractivity contribution is -0.113. The maximum Gasteiger partial charge on any atom is 0.236 e. The Labute approximate surface area is 135 Å². The topological polar surface area (TPSA) is 93.8 Å². The Morgan fingerprint density at radius 3 is 3.10 bits per heavy atom. The largest absolute Gasteiger partial charge is 0.397 e. The van der Waals surface area contributed by atoms with Crippen molar-refractivity contribution in [1.29, 1.82) is 0 Å². The van der Waals surface area contributed by atoms with E-state index in [0.717, 1.165) is 17.1 Å². The predicted molar refractivity (Wildman–Crippen MR) is 88.9 cm³/mol. The summed E-state index contributed by atoms with van der Waals surface area (Å²) in [6.45, 7) is 2.10. The third-order valence-corrected chi connectivity index (χ3v) is 5.15. The molecule has 2 heterocycles. The Hall–Kier alpha value is -1.32. The van der Waals surface area contributed by atoms with Crippen molar-refractivity contribution in [1.82, 2.24) is 14.3 Å². The van der Waals surface area contributed by atoms with Crippen LogP contribution in [0.4, 0.5) is 10.8 Å². The highest BCUT2D eigenvalue weighted by Gasteiger charge is 2.09. The van der Waals surface area contributed by atoms with Crippen LogP contribution in [0.3, 0.4) is 0 Å². The van der Waals surface area contributed by atoms with Gasteiger partial charge in [0.05, 0.1) is 17.6 Å². The zero-order chi connectivity index (χ0) is 15.1. The summed E-state index contributed by atoms with van der Waals surface area (Å²) in [5, 5.41) is 3.98. The second-order valence-electron chi connectivity index (χ2n) is 3.98. The predicted octanol–water partition coefficient (Wildman–Crippen LogP) is 2.75. The second kappa shape index (κ2) is 8.20. The second-order valence-corrected chi connectivity index (χ2v) is 6.81. The number of nitrogens with zero attached hydrogens (tertiary/aromatic N) is 3. The molecule has 0 bridgehead atoms. The van der Waals surface area contributed by atoms with Crippen LogP contribution in [-0.2, 0) is 4.79 Å². The zero-order valence-electron chi connectivity index (χ0n) is 11.4. The van der Waals surface area contributed by atoms with Crippen molar-refractivity contribution in [3.05, 3.63) is 18.5 Å². The van der Waals surface area contributed by atoms with Crippen LogP contribution >= 0.6 is 35.1 Å². The lowest BCUT2D eigenvalue weighted by atomic mass is 10.4. The van der Waals surface area contributed by atoms with E-state index in [2.05, 4.69) is 26.6 Å². The summed E-state index contributed by atoms with van der Waals surface area (Å²) in [6, 6.07) is 1.79. The summed E-state index contributed by atoms with van der Waals surface area (Å²) in [5.41, 5.74) is 6.34. The summed E-state index contributed by atoms with van der Waals surface area (Å²) in [5.74, 6) is 1.12. The van der Waals surface area contributed by atoms with Gasteiger partial charge >= 0.3 is 0 Å². The lowest BCUT2D eigenvalue weighted by Gasteiger charge is -2.03. The molecule has 0 aliphatic carbocycles. The van der Waals surface area contributed by atoms with Crippen molar-refractivity contribution in [2.45, 2.75) is 23.4 Å². The number of rotatable bonds is 7. The minimum Gasteiger partial charge on any atom is -0.397 e. The number of hydrogen-bond acceptors (Lipinski definition) is 8. The molecule has 112 valence electrons. The Balaban J connectivity index is 1.82. The summed E-state index contributed by atoms with van der Waals surface area (Å²) >= 11 is 4.15. The van der Waals surface area contributed by atoms with Gasteiger partial charge in [-0.15, -0.1) is 11.8 Å². The normalized spacial score (nSPS) is 10.5.